The van der Waals surface area contributed by atoms with Crippen molar-refractivity contribution in [2.24, 2.45) is 0 Å². The van der Waals surface area contributed by atoms with Crippen LogP contribution in [0, 0.1) is 13.8 Å². The zero-order valence-electron chi connectivity index (χ0n) is 16.4. The molecule has 7 nitrogen and oxygen atoms in total. The predicted octanol–water partition coefficient (Wildman–Crippen LogP) is 4.09. The molecule has 0 aliphatic carbocycles. The average Bonchev–Trinajstić information content (AvgIpc) is 3.21. The lowest BCUT2D eigenvalue weighted by atomic mass is 10.2. The van der Waals surface area contributed by atoms with Crippen molar-refractivity contribution in [1.29, 1.82) is 0 Å². The van der Waals surface area contributed by atoms with Gasteiger partial charge < -0.3 is 15.4 Å². The van der Waals surface area contributed by atoms with Crippen LogP contribution in [0.25, 0.3) is 0 Å². The maximum atomic E-state index is 12.1. The van der Waals surface area contributed by atoms with Gasteiger partial charge in [0.05, 0.1) is 41.7 Å². The van der Waals surface area contributed by atoms with Gasteiger partial charge in [-0.05, 0) is 31.6 Å². The van der Waals surface area contributed by atoms with Crippen molar-refractivity contribution in [3.05, 3.63) is 59.7 Å². The molecule has 0 saturated heterocycles. The molecule has 0 saturated carbocycles. The molecule has 0 fully saturated rings. The Bertz CT molecular complexity index is 1000. The maximum Gasteiger partial charge on any atom is 0.411 e. The van der Waals surface area contributed by atoms with Crippen LogP contribution in [0.4, 0.5) is 24.5 Å². The second kappa shape index (κ2) is 9.26. The van der Waals surface area contributed by atoms with Crippen molar-refractivity contribution in [2.45, 2.75) is 33.3 Å². The molecule has 160 valence electrons. The molecule has 2 heterocycles. The molecule has 1 aromatic carbocycles. The number of hydrogen-bond acceptors (Lipinski definition) is 4. The highest BCUT2D eigenvalue weighted by Gasteiger charge is 2.27. The van der Waals surface area contributed by atoms with Gasteiger partial charge >= 0.3 is 6.18 Å². The maximum absolute atomic E-state index is 12.1. The van der Waals surface area contributed by atoms with Crippen molar-refractivity contribution in [3.63, 3.8) is 0 Å². The molecular weight excluding hydrogens is 417 g/mol. The number of nitrogens with one attached hydrogen (secondary N) is 2. The molecular formula is C19H21F3N6OS. The van der Waals surface area contributed by atoms with Crippen molar-refractivity contribution in [2.75, 3.05) is 17.2 Å². The zero-order chi connectivity index (χ0) is 21.7. The van der Waals surface area contributed by atoms with E-state index in [-0.39, 0.29) is 6.73 Å². The number of ether oxygens (including phenoxy) is 1. The first-order valence-corrected chi connectivity index (χ1v) is 9.45. The van der Waals surface area contributed by atoms with E-state index in [1.807, 2.05) is 48.9 Å². The normalized spacial score (nSPS) is 11.5. The molecule has 0 unspecified atom stereocenters. The van der Waals surface area contributed by atoms with Crippen molar-refractivity contribution in [1.82, 2.24) is 19.6 Å². The first-order chi connectivity index (χ1) is 14.2. The van der Waals surface area contributed by atoms with Gasteiger partial charge in [0.15, 0.2) is 5.11 Å². The third-order valence-electron chi connectivity index (χ3n) is 4.18. The smallest absolute Gasteiger partial charge is 0.350 e. The summed E-state index contributed by atoms with van der Waals surface area (Å²) in [4.78, 5) is 0. The van der Waals surface area contributed by atoms with Gasteiger partial charge in [-0.1, -0.05) is 30.3 Å². The van der Waals surface area contributed by atoms with Gasteiger partial charge in [-0.2, -0.15) is 23.4 Å². The van der Waals surface area contributed by atoms with Crippen LogP contribution in [0.2, 0.25) is 0 Å². The number of benzene rings is 1. The molecule has 2 aromatic heterocycles. The Hall–Kier alpha value is -2.92. The lowest BCUT2D eigenvalue weighted by Gasteiger charge is -2.10. The Morgan fingerprint density at radius 2 is 1.90 bits per heavy atom. The Balaban J connectivity index is 1.58. The van der Waals surface area contributed by atoms with Gasteiger partial charge in [-0.3, -0.25) is 4.68 Å². The fourth-order valence-electron chi connectivity index (χ4n) is 2.82. The van der Waals surface area contributed by atoms with Crippen LogP contribution >= 0.6 is 12.2 Å². The van der Waals surface area contributed by atoms with Crippen LogP contribution in [-0.2, 0) is 18.0 Å². The van der Waals surface area contributed by atoms with E-state index in [4.69, 9.17) is 12.2 Å². The quantitative estimate of drug-likeness (QED) is 0.542. The molecule has 0 radical (unpaired) electrons. The van der Waals surface area contributed by atoms with Crippen LogP contribution in [0.5, 0.6) is 0 Å². The largest absolute Gasteiger partial charge is 0.411 e. The van der Waals surface area contributed by atoms with Crippen molar-refractivity contribution < 1.29 is 17.9 Å². The van der Waals surface area contributed by atoms with Crippen LogP contribution < -0.4 is 10.6 Å². The summed E-state index contributed by atoms with van der Waals surface area (Å²) in [6, 6.07) is 9.99. The zero-order valence-corrected chi connectivity index (χ0v) is 17.2. The van der Waals surface area contributed by atoms with Crippen LogP contribution in [-0.4, -0.2) is 37.5 Å². The summed E-state index contributed by atoms with van der Waals surface area (Å²) in [6.07, 6.45) is -1.42. The van der Waals surface area contributed by atoms with Gasteiger partial charge in [0.1, 0.15) is 13.3 Å². The van der Waals surface area contributed by atoms with Crippen LogP contribution in [0.15, 0.2) is 42.7 Å². The van der Waals surface area contributed by atoms with Gasteiger partial charge in [-0.25, -0.2) is 4.68 Å². The van der Waals surface area contributed by atoms with Crippen LogP contribution in [0.1, 0.15) is 17.0 Å². The van der Waals surface area contributed by atoms with Gasteiger partial charge in [0, 0.05) is 0 Å². The lowest BCUT2D eigenvalue weighted by molar-refractivity contribution is -0.182. The second-order valence-corrected chi connectivity index (χ2v) is 7.04. The fraction of sp³-hybridized carbons (Fsp3) is 0.316. The first-order valence-electron chi connectivity index (χ1n) is 9.04. The van der Waals surface area contributed by atoms with E-state index < -0.39 is 12.8 Å². The van der Waals surface area contributed by atoms with Gasteiger partial charge in [0.2, 0.25) is 0 Å². The molecule has 2 N–H and O–H groups in total. The minimum absolute atomic E-state index is 0.314. The summed E-state index contributed by atoms with van der Waals surface area (Å²) < 4.78 is 44.1. The summed E-state index contributed by atoms with van der Waals surface area (Å²) in [5.41, 5.74) is 4.18. The molecule has 0 atom stereocenters. The Morgan fingerprint density at radius 3 is 2.60 bits per heavy atom. The molecule has 3 aromatic rings. The topological polar surface area (TPSA) is 68.9 Å². The van der Waals surface area contributed by atoms with E-state index in [1.165, 1.54) is 17.1 Å². The summed E-state index contributed by atoms with van der Waals surface area (Å²) in [5, 5.41) is 14.9. The summed E-state index contributed by atoms with van der Waals surface area (Å²) >= 11 is 5.35. The van der Waals surface area contributed by atoms with E-state index in [9.17, 15) is 13.2 Å². The highest BCUT2D eigenvalue weighted by Crippen LogP contribution is 2.21. The number of thiocarbonyl (C=S) groups is 1. The number of anilines is 2. The summed E-state index contributed by atoms with van der Waals surface area (Å²) in [6.45, 7) is 2.83. The highest BCUT2D eigenvalue weighted by atomic mass is 32.1. The Labute approximate surface area is 176 Å². The van der Waals surface area contributed by atoms with Crippen LogP contribution in [0.3, 0.4) is 0 Å². The number of hydrogen-bond donors (Lipinski definition) is 2. The highest BCUT2D eigenvalue weighted by molar-refractivity contribution is 7.80. The van der Waals surface area contributed by atoms with Gasteiger partial charge in [-0.15, -0.1) is 0 Å². The number of aryl methyl sites for hydroxylation is 1. The van der Waals surface area contributed by atoms with E-state index in [0.717, 1.165) is 22.6 Å². The summed E-state index contributed by atoms with van der Waals surface area (Å²) in [7, 11) is 0. The molecule has 0 aliphatic heterocycles. The monoisotopic (exact) mass is 438 g/mol. The third kappa shape index (κ3) is 6.04. The fourth-order valence-corrected chi connectivity index (χ4v) is 3.04. The molecule has 0 bridgehead atoms. The van der Waals surface area contributed by atoms with E-state index in [2.05, 4.69) is 25.6 Å². The van der Waals surface area contributed by atoms with Crippen molar-refractivity contribution >= 4 is 28.7 Å². The minimum atomic E-state index is -4.37. The van der Waals surface area contributed by atoms with Gasteiger partial charge in [0.25, 0.3) is 0 Å². The Kier molecular flexibility index (Phi) is 6.73. The average molecular weight is 438 g/mol. The molecule has 3 rings (SSSR count). The molecule has 11 heteroatoms. The minimum Gasteiger partial charge on any atom is -0.350 e. The first kappa shape index (κ1) is 21.8. The molecule has 0 spiro atoms. The number of aromatic nitrogens is 4. The van der Waals surface area contributed by atoms with E-state index in [1.54, 1.807) is 0 Å². The number of alkyl halides is 3. The van der Waals surface area contributed by atoms with E-state index >= 15 is 0 Å². The van der Waals surface area contributed by atoms with Crippen molar-refractivity contribution in [3.8, 4) is 0 Å². The second-order valence-electron chi connectivity index (χ2n) is 6.63. The lowest BCUT2D eigenvalue weighted by Crippen LogP contribution is -2.20. The third-order valence-corrected chi connectivity index (χ3v) is 4.38. The Morgan fingerprint density at radius 1 is 1.17 bits per heavy atom. The number of rotatable bonds is 7. The summed E-state index contributed by atoms with van der Waals surface area (Å²) in [5.74, 6) is 0. The molecule has 30 heavy (non-hydrogen) atoms. The predicted molar refractivity (Wildman–Crippen MR) is 111 cm³/mol. The molecule has 0 aliphatic rings. The number of halogens is 3. The molecule has 0 amide bonds. The standard InChI is InChI=1S/C19H21F3N6OS/c1-13-17(14(2)28(26-13)9-15-6-4-3-5-7-15)25-18(30)24-16-8-23-27(10-16)12-29-11-19(20,21)22/h3-8,10H,9,11-12H2,1-2H3,(H2,24,25,30). The SMILES string of the molecule is Cc1nn(Cc2ccccc2)c(C)c1NC(=S)Nc1cnn(COCC(F)(F)F)c1. The number of nitrogens with zero attached hydrogens (tertiary/aromatic N) is 4. The van der Waals surface area contributed by atoms with E-state index in [0.29, 0.717) is 17.3 Å².